The second-order valence-electron chi connectivity index (χ2n) is 5.34. The van der Waals surface area contributed by atoms with Gasteiger partial charge in [-0.3, -0.25) is 4.79 Å². The van der Waals surface area contributed by atoms with E-state index in [0.29, 0.717) is 22.4 Å². The number of ether oxygens (including phenoxy) is 2. The molecule has 130 valence electrons. The molecule has 0 saturated carbocycles. The Kier molecular flexibility index (Phi) is 6.65. The fourth-order valence-corrected chi connectivity index (χ4v) is 3.74. The van der Waals surface area contributed by atoms with Crippen LogP contribution in [0, 0.1) is 0 Å². The Bertz CT molecular complexity index is 680. The first-order chi connectivity index (χ1) is 11.3. The molecule has 1 fully saturated rings. The average Bonchev–Trinajstić information content (AvgIpc) is 2.73. The van der Waals surface area contributed by atoms with Gasteiger partial charge in [-0.15, -0.1) is 0 Å². The van der Waals surface area contributed by atoms with E-state index in [-0.39, 0.29) is 17.3 Å². The molecule has 24 heavy (non-hydrogen) atoms. The van der Waals surface area contributed by atoms with Crippen LogP contribution in [-0.2, 0) is 4.79 Å². The van der Waals surface area contributed by atoms with Crippen LogP contribution in [0.15, 0.2) is 21.7 Å². The number of halogens is 1. The highest BCUT2D eigenvalue weighted by molar-refractivity contribution is 9.10. The summed E-state index contributed by atoms with van der Waals surface area (Å²) in [5.41, 5.74) is 0.773. The van der Waals surface area contributed by atoms with Crippen molar-refractivity contribution in [1.29, 1.82) is 0 Å². The highest BCUT2D eigenvalue weighted by Crippen LogP contribution is 2.34. The molecule has 1 unspecified atom stereocenters. The SMILES string of the molecule is CCOc1cc(/C=N/N2C(=O)C(C)SC2=S)c(Br)cc1OC(C)C. The maximum Gasteiger partial charge on any atom is 0.261 e. The molecule has 2 rings (SSSR count). The van der Waals surface area contributed by atoms with Gasteiger partial charge in [0.2, 0.25) is 0 Å². The van der Waals surface area contributed by atoms with Crippen molar-refractivity contribution in [2.45, 2.75) is 39.0 Å². The van der Waals surface area contributed by atoms with Crippen molar-refractivity contribution in [3.05, 3.63) is 22.2 Å². The van der Waals surface area contributed by atoms with Gasteiger partial charge in [0, 0.05) is 10.0 Å². The van der Waals surface area contributed by atoms with Gasteiger partial charge in [-0.05, 0) is 55.8 Å². The molecular formula is C16H19BrN2O3S2. The standard InChI is InChI=1S/C16H19BrN2O3S2/c1-5-21-13-6-11(12(17)7-14(13)22-9(2)3)8-18-19-15(20)10(4)24-16(19)23/h6-10H,5H2,1-4H3/b18-8+. The number of hydrogen-bond acceptors (Lipinski definition) is 6. The Hall–Kier alpha value is -1.12. The molecule has 1 aliphatic rings. The van der Waals surface area contributed by atoms with Gasteiger partial charge in [0.15, 0.2) is 15.8 Å². The van der Waals surface area contributed by atoms with Gasteiger partial charge in [-0.25, -0.2) is 0 Å². The van der Waals surface area contributed by atoms with Crippen LogP contribution in [0.1, 0.15) is 33.3 Å². The van der Waals surface area contributed by atoms with E-state index in [0.717, 1.165) is 10.0 Å². The first-order valence-electron chi connectivity index (χ1n) is 7.55. The summed E-state index contributed by atoms with van der Waals surface area (Å²) in [5, 5.41) is 5.29. The number of hydrazone groups is 1. The van der Waals surface area contributed by atoms with E-state index in [1.54, 1.807) is 6.21 Å². The molecule has 1 aliphatic heterocycles. The molecule has 1 amide bonds. The summed E-state index contributed by atoms with van der Waals surface area (Å²) in [7, 11) is 0. The van der Waals surface area contributed by atoms with Crippen LogP contribution in [0.3, 0.4) is 0 Å². The topological polar surface area (TPSA) is 51.1 Å². The van der Waals surface area contributed by atoms with Crippen LogP contribution >= 0.6 is 39.9 Å². The molecule has 0 spiro atoms. The van der Waals surface area contributed by atoms with E-state index < -0.39 is 0 Å². The largest absolute Gasteiger partial charge is 0.490 e. The fraction of sp³-hybridized carbons (Fsp3) is 0.438. The zero-order valence-corrected chi connectivity index (χ0v) is 17.1. The number of hydrogen-bond donors (Lipinski definition) is 0. The molecule has 0 aromatic heterocycles. The van der Waals surface area contributed by atoms with Crippen molar-refractivity contribution in [3.8, 4) is 11.5 Å². The summed E-state index contributed by atoms with van der Waals surface area (Å²) >= 11 is 10.0. The number of nitrogens with zero attached hydrogens (tertiary/aromatic N) is 2. The van der Waals surface area contributed by atoms with Crippen molar-refractivity contribution in [1.82, 2.24) is 5.01 Å². The molecule has 0 N–H and O–H groups in total. The van der Waals surface area contributed by atoms with Gasteiger partial charge in [0.1, 0.15) is 0 Å². The van der Waals surface area contributed by atoms with E-state index in [9.17, 15) is 4.79 Å². The third kappa shape index (κ3) is 4.49. The molecule has 1 aromatic carbocycles. The highest BCUT2D eigenvalue weighted by atomic mass is 79.9. The van der Waals surface area contributed by atoms with E-state index in [2.05, 4.69) is 21.0 Å². The van der Waals surface area contributed by atoms with Gasteiger partial charge in [-0.1, -0.05) is 24.0 Å². The van der Waals surface area contributed by atoms with Crippen molar-refractivity contribution >= 4 is 56.4 Å². The Morgan fingerprint density at radius 2 is 2.17 bits per heavy atom. The molecule has 5 nitrogen and oxygen atoms in total. The molecule has 1 atom stereocenters. The molecule has 0 aliphatic carbocycles. The van der Waals surface area contributed by atoms with Crippen molar-refractivity contribution < 1.29 is 14.3 Å². The summed E-state index contributed by atoms with van der Waals surface area (Å²) in [5.74, 6) is 1.18. The van der Waals surface area contributed by atoms with Gasteiger partial charge < -0.3 is 9.47 Å². The third-order valence-corrected chi connectivity index (χ3v) is 5.12. The van der Waals surface area contributed by atoms with E-state index in [1.807, 2.05) is 39.8 Å². The fourth-order valence-electron chi connectivity index (χ4n) is 2.00. The predicted octanol–water partition coefficient (Wildman–Crippen LogP) is 4.22. The van der Waals surface area contributed by atoms with Crippen molar-refractivity contribution in [3.63, 3.8) is 0 Å². The van der Waals surface area contributed by atoms with Gasteiger partial charge in [0.05, 0.1) is 24.2 Å². The minimum Gasteiger partial charge on any atom is -0.490 e. The van der Waals surface area contributed by atoms with E-state index in [1.165, 1.54) is 16.8 Å². The second-order valence-corrected chi connectivity index (χ2v) is 8.17. The lowest BCUT2D eigenvalue weighted by Gasteiger charge is -2.16. The number of amides is 1. The van der Waals surface area contributed by atoms with Gasteiger partial charge >= 0.3 is 0 Å². The predicted molar refractivity (Wildman–Crippen MR) is 105 cm³/mol. The third-order valence-electron chi connectivity index (χ3n) is 3.04. The quantitative estimate of drug-likeness (QED) is 0.499. The van der Waals surface area contributed by atoms with E-state index >= 15 is 0 Å². The number of benzene rings is 1. The van der Waals surface area contributed by atoms with Crippen LogP contribution in [0.2, 0.25) is 0 Å². The van der Waals surface area contributed by atoms with Crippen molar-refractivity contribution in [2.24, 2.45) is 5.10 Å². The van der Waals surface area contributed by atoms with E-state index in [4.69, 9.17) is 21.7 Å². The molecule has 0 radical (unpaired) electrons. The van der Waals surface area contributed by atoms with Gasteiger partial charge in [-0.2, -0.15) is 10.1 Å². The minimum atomic E-state index is -0.195. The molecule has 1 heterocycles. The highest BCUT2D eigenvalue weighted by Gasteiger charge is 2.33. The Balaban J connectivity index is 2.30. The minimum absolute atomic E-state index is 0.0359. The van der Waals surface area contributed by atoms with Crippen LogP contribution < -0.4 is 9.47 Å². The first-order valence-corrected chi connectivity index (χ1v) is 9.63. The summed E-state index contributed by atoms with van der Waals surface area (Å²) in [6, 6.07) is 3.67. The monoisotopic (exact) mass is 430 g/mol. The summed E-state index contributed by atoms with van der Waals surface area (Å²) < 4.78 is 12.7. The number of thiocarbonyl (C=S) groups is 1. The molecule has 1 saturated heterocycles. The summed E-state index contributed by atoms with van der Waals surface area (Å²) in [4.78, 5) is 12.0. The lowest BCUT2D eigenvalue weighted by Crippen LogP contribution is -2.25. The maximum absolute atomic E-state index is 12.0. The Labute approximate surface area is 159 Å². The maximum atomic E-state index is 12.0. The number of rotatable bonds is 6. The lowest BCUT2D eigenvalue weighted by molar-refractivity contribution is -0.125. The second kappa shape index (κ2) is 8.31. The Morgan fingerprint density at radius 1 is 1.46 bits per heavy atom. The van der Waals surface area contributed by atoms with Crippen molar-refractivity contribution in [2.75, 3.05) is 6.61 Å². The van der Waals surface area contributed by atoms with Crippen LogP contribution in [0.25, 0.3) is 0 Å². The van der Waals surface area contributed by atoms with Gasteiger partial charge in [0.25, 0.3) is 5.91 Å². The number of carbonyl (C=O) groups is 1. The summed E-state index contributed by atoms with van der Waals surface area (Å²) in [6.45, 7) is 8.16. The average molecular weight is 431 g/mol. The Morgan fingerprint density at radius 3 is 2.71 bits per heavy atom. The normalized spacial score (nSPS) is 18.1. The number of thioether (sulfide) groups is 1. The molecular weight excluding hydrogens is 412 g/mol. The molecule has 8 heteroatoms. The molecule has 1 aromatic rings. The zero-order chi connectivity index (χ0) is 17.9. The first kappa shape index (κ1) is 19.2. The van der Waals surface area contributed by atoms with Crippen LogP contribution in [-0.4, -0.2) is 39.4 Å². The molecule has 0 bridgehead atoms. The lowest BCUT2D eigenvalue weighted by atomic mass is 10.2. The smallest absolute Gasteiger partial charge is 0.261 e. The zero-order valence-electron chi connectivity index (χ0n) is 13.9. The summed E-state index contributed by atoms with van der Waals surface area (Å²) in [6.07, 6.45) is 1.63. The van der Waals surface area contributed by atoms with Crippen LogP contribution in [0.5, 0.6) is 11.5 Å². The number of carbonyl (C=O) groups excluding carboxylic acids is 1. The van der Waals surface area contributed by atoms with Crippen LogP contribution in [0.4, 0.5) is 0 Å².